The Hall–Kier alpha value is -1.69. The van der Waals surface area contributed by atoms with Crippen LogP contribution in [0.4, 0.5) is 11.4 Å². The molecule has 3 nitrogen and oxygen atoms in total. The Morgan fingerprint density at radius 3 is 2.88 bits per heavy atom. The predicted octanol–water partition coefficient (Wildman–Crippen LogP) is 2.46. The number of nitrogens with zero attached hydrogens (tertiary/aromatic N) is 2. The maximum absolute atomic E-state index is 8.68. The quantitative estimate of drug-likeness (QED) is 0.785. The summed E-state index contributed by atoms with van der Waals surface area (Å²) in [5, 5.41) is 8.68. The van der Waals surface area contributed by atoms with Gasteiger partial charge in [0, 0.05) is 12.6 Å². The van der Waals surface area contributed by atoms with Gasteiger partial charge in [-0.3, -0.25) is 0 Å². The summed E-state index contributed by atoms with van der Waals surface area (Å²) in [6.07, 6.45) is 3.00. The summed E-state index contributed by atoms with van der Waals surface area (Å²) < 4.78 is 0. The van der Waals surface area contributed by atoms with Gasteiger partial charge in [0.05, 0.1) is 23.9 Å². The lowest BCUT2D eigenvalue weighted by atomic mass is 10.1. The van der Waals surface area contributed by atoms with Crippen LogP contribution in [0.25, 0.3) is 0 Å². The summed E-state index contributed by atoms with van der Waals surface area (Å²) in [6.45, 7) is 2.81. The highest BCUT2D eigenvalue weighted by atomic mass is 15.2. The molecular formula is C13H17N3. The first kappa shape index (κ1) is 10.8. The molecule has 0 atom stereocenters. The monoisotopic (exact) mass is 215 g/mol. The molecule has 1 fully saturated rings. The van der Waals surface area contributed by atoms with Crippen molar-refractivity contribution in [3.63, 3.8) is 0 Å². The second-order valence-electron chi connectivity index (χ2n) is 4.34. The van der Waals surface area contributed by atoms with E-state index in [1.165, 1.54) is 12.8 Å². The van der Waals surface area contributed by atoms with Gasteiger partial charge in [0.25, 0.3) is 0 Å². The topological polar surface area (TPSA) is 53.0 Å². The van der Waals surface area contributed by atoms with E-state index in [-0.39, 0.29) is 0 Å². The maximum Gasteiger partial charge on any atom is 0.0640 e. The van der Waals surface area contributed by atoms with Crippen LogP contribution in [0.3, 0.4) is 0 Å². The molecule has 1 aliphatic rings. The van der Waals surface area contributed by atoms with Gasteiger partial charge < -0.3 is 10.6 Å². The van der Waals surface area contributed by atoms with Gasteiger partial charge in [-0.25, -0.2) is 0 Å². The third-order valence-corrected chi connectivity index (χ3v) is 3.06. The molecule has 2 rings (SSSR count). The summed E-state index contributed by atoms with van der Waals surface area (Å²) in [7, 11) is 0. The molecule has 0 bridgehead atoms. The first-order valence-electron chi connectivity index (χ1n) is 5.72. The molecule has 0 radical (unpaired) electrons. The number of rotatable bonds is 4. The van der Waals surface area contributed by atoms with E-state index < -0.39 is 0 Å². The predicted molar refractivity (Wildman–Crippen MR) is 66.2 cm³/mol. The van der Waals surface area contributed by atoms with E-state index in [0.29, 0.717) is 12.5 Å². The Labute approximate surface area is 96.5 Å². The summed E-state index contributed by atoms with van der Waals surface area (Å²) in [6, 6.07) is 8.90. The van der Waals surface area contributed by atoms with Crippen LogP contribution in [0.1, 0.15) is 24.8 Å². The smallest absolute Gasteiger partial charge is 0.0640 e. The molecule has 84 valence electrons. The lowest BCUT2D eigenvalue weighted by Crippen LogP contribution is -2.27. The second-order valence-corrected chi connectivity index (χ2v) is 4.34. The summed E-state index contributed by atoms with van der Waals surface area (Å²) in [4.78, 5) is 2.28. The Morgan fingerprint density at radius 2 is 2.25 bits per heavy atom. The van der Waals surface area contributed by atoms with Gasteiger partial charge in [-0.15, -0.1) is 0 Å². The number of hydrogen-bond acceptors (Lipinski definition) is 3. The van der Waals surface area contributed by atoms with Crippen molar-refractivity contribution >= 4 is 11.4 Å². The van der Waals surface area contributed by atoms with Crippen molar-refractivity contribution in [2.75, 3.05) is 17.2 Å². The number of para-hydroxylation sites is 1. The van der Waals surface area contributed by atoms with Gasteiger partial charge in [0.1, 0.15) is 0 Å². The van der Waals surface area contributed by atoms with Crippen molar-refractivity contribution < 1.29 is 0 Å². The highest BCUT2D eigenvalue weighted by molar-refractivity contribution is 5.71. The molecule has 0 heterocycles. The van der Waals surface area contributed by atoms with Gasteiger partial charge in [-0.05, 0) is 31.4 Å². The molecule has 0 amide bonds. The number of nitrogen functional groups attached to an aromatic ring is 1. The van der Waals surface area contributed by atoms with Crippen LogP contribution in [0.5, 0.6) is 0 Å². The zero-order chi connectivity index (χ0) is 11.5. The lowest BCUT2D eigenvalue weighted by molar-refractivity contribution is 0.794. The lowest BCUT2D eigenvalue weighted by Gasteiger charge is -2.25. The fourth-order valence-electron chi connectivity index (χ4n) is 1.97. The van der Waals surface area contributed by atoms with Gasteiger partial charge in [0.2, 0.25) is 0 Å². The fraction of sp³-hybridized carbons (Fsp3) is 0.462. The fourth-order valence-corrected chi connectivity index (χ4v) is 1.97. The minimum Gasteiger partial charge on any atom is -0.397 e. The first-order valence-corrected chi connectivity index (χ1v) is 5.72. The number of nitriles is 1. The zero-order valence-electron chi connectivity index (χ0n) is 9.61. The van der Waals surface area contributed by atoms with E-state index in [2.05, 4.69) is 17.0 Å². The molecule has 0 spiro atoms. The van der Waals surface area contributed by atoms with Crippen molar-refractivity contribution in [1.29, 1.82) is 5.26 Å². The standard InChI is InChI=1S/C13H17N3/c1-10-4-2-5-12(13(10)15)16(9-3-8-14)11-6-7-11/h2,4-5,11H,3,6-7,9,15H2,1H3. The number of nitrogens with two attached hydrogens (primary N) is 1. The van der Waals surface area contributed by atoms with Crippen molar-refractivity contribution in [3.8, 4) is 6.07 Å². The van der Waals surface area contributed by atoms with Gasteiger partial charge in [-0.1, -0.05) is 12.1 Å². The number of hydrogen-bond donors (Lipinski definition) is 1. The van der Waals surface area contributed by atoms with E-state index in [0.717, 1.165) is 23.5 Å². The summed E-state index contributed by atoms with van der Waals surface area (Å²) in [5.41, 5.74) is 9.16. The summed E-state index contributed by atoms with van der Waals surface area (Å²) in [5.74, 6) is 0. The normalized spacial score (nSPS) is 14.5. The van der Waals surface area contributed by atoms with Crippen molar-refractivity contribution in [2.24, 2.45) is 0 Å². The molecule has 0 unspecified atom stereocenters. The molecular weight excluding hydrogens is 198 g/mol. The molecule has 1 aliphatic carbocycles. The van der Waals surface area contributed by atoms with Crippen LogP contribution in [-0.2, 0) is 0 Å². The Balaban J connectivity index is 2.24. The second kappa shape index (κ2) is 4.44. The van der Waals surface area contributed by atoms with Crippen LogP contribution in [-0.4, -0.2) is 12.6 Å². The van der Waals surface area contributed by atoms with Crippen molar-refractivity contribution in [3.05, 3.63) is 23.8 Å². The maximum atomic E-state index is 8.68. The van der Waals surface area contributed by atoms with E-state index in [9.17, 15) is 0 Å². The SMILES string of the molecule is Cc1cccc(N(CCC#N)C2CC2)c1N. The Morgan fingerprint density at radius 1 is 1.50 bits per heavy atom. The van der Waals surface area contributed by atoms with E-state index in [1.54, 1.807) is 0 Å². The van der Waals surface area contributed by atoms with Gasteiger partial charge in [0.15, 0.2) is 0 Å². The molecule has 1 aromatic carbocycles. The van der Waals surface area contributed by atoms with Gasteiger partial charge >= 0.3 is 0 Å². The van der Waals surface area contributed by atoms with Crippen LogP contribution in [0.2, 0.25) is 0 Å². The minimum absolute atomic E-state index is 0.559. The molecule has 0 saturated heterocycles. The molecule has 0 aliphatic heterocycles. The molecule has 2 N–H and O–H groups in total. The summed E-state index contributed by atoms with van der Waals surface area (Å²) >= 11 is 0. The number of aryl methyl sites for hydroxylation is 1. The van der Waals surface area contributed by atoms with E-state index in [1.807, 2.05) is 19.1 Å². The average molecular weight is 215 g/mol. The number of benzene rings is 1. The van der Waals surface area contributed by atoms with Crippen LogP contribution in [0, 0.1) is 18.3 Å². The highest BCUT2D eigenvalue weighted by Gasteiger charge is 2.29. The zero-order valence-corrected chi connectivity index (χ0v) is 9.61. The first-order chi connectivity index (χ1) is 7.74. The van der Waals surface area contributed by atoms with Gasteiger partial charge in [-0.2, -0.15) is 5.26 Å². The van der Waals surface area contributed by atoms with Crippen LogP contribution in [0.15, 0.2) is 18.2 Å². The Kier molecular flexibility index (Phi) is 3.00. The van der Waals surface area contributed by atoms with Crippen molar-refractivity contribution in [1.82, 2.24) is 0 Å². The Bertz CT molecular complexity index is 416. The molecule has 3 heteroatoms. The molecule has 1 saturated carbocycles. The largest absolute Gasteiger partial charge is 0.397 e. The van der Waals surface area contributed by atoms with E-state index in [4.69, 9.17) is 11.0 Å². The highest BCUT2D eigenvalue weighted by Crippen LogP contribution is 2.35. The van der Waals surface area contributed by atoms with Crippen LogP contribution >= 0.6 is 0 Å². The molecule has 0 aromatic heterocycles. The number of anilines is 2. The third-order valence-electron chi connectivity index (χ3n) is 3.06. The van der Waals surface area contributed by atoms with E-state index >= 15 is 0 Å². The average Bonchev–Trinajstić information content (AvgIpc) is 3.08. The molecule has 16 heavy (non-hydrogen) atoms. The minimum atomic E-state index is 0.559. The molecule has 1 aromatic rings. The van der Waals surface area contributed by atoms with Crippen LogP contribution < -0.4 is 10.6 Å². The third kappa shape index (κ3) is 2.11. The van der Waals surface area contributed by atoms with Crippen molar-refractivity contribution in [2.45, 2.75) is 32.2 Å².